The zero-order chi connectivity index (χ0) is 22.7. The molecule has 2 N–H and O–H groups in total. The minimum absolute atomic E-state index is 0.0843. The first-order valence-corrected chi connectivity index (χ1v) is 11.2. The van der Waals surface area contributed by atoms with Crippen LogP contribution in [0.5, 0.6) is 17.2 Å². The lowest BCUT2D eigenvalue weighted by molar-refractivity contribution is -0.114. The number of halogens is 1. The number of anilines is 1. The molecule has 2 heterocycles. The lowest BCUT2D eigenvalue weighted by Gasteiger charge is -2.39. The molecule has 0 bridgehead atoms. The molecule has 1 spiro atoms. The minimum atomic E-state index is -0.683. The monoisotopic (exact) mass is 460 g/mol. The average Bonchev–Trinajstić information content (AvgIpc) is 3.12. The Hall–Kier alpha value is -2.48. The van der Waals surface area contributed by atoms with E-state index in [1.807, 2.05) is 12.1 Å². The molecule has 0 unspecified atom stereocenters. The highest BCUT2D eigenvalue weighted by Gasteiger charge is 2.41. The molecule has 0 aliphatic carbocycles. The van der Waals surface area contributed by atoms with Crippen LogP contribution in [-0.2, 0) is 11.2 Å². The molecule has 0 saturated carbocycles. The highest BCUT2D eigenvalue weighted by Crippen LogP contribution is 2.41. The SMILES string of the molecule is COc1cc(OC[C@H](O)CN2CCC3(CC2)Cc2ccccc2O3)c(NC(C)=O)cc1Cl. The fourth-order valence-electron chi connectivity index (χ4n) is 4.42. The number of piperidine rings is 1. The number of benzene rings is 2. The quantitative estimate of drug-likeness (QED) is 0.658. The van der Waals surface area contributed by atoms with E-state index in [4.69, 9.17) is 25.8 Å². The van der Waals surface area contributed by atoms with Gasteiger partial charge in [0.05, 0.1) is 17.8 Å². The fourth-order valence-corrected chi connectivity index (χ4v) is 4.66. The molecule has 2 aromatic carbocycles. The number of β-amino-alcohol motifs (C(OH)–C–C–N with tert-alkyl or cyclic N) is 1. The van der Waals surface area contributed by atoms with Gasteiger partial charge in [0.25, 0.3) is 0 Å². The van der Waals surface area contributed by atoms with E-state index in [0.29, 0.717) is 28.8 Å². The zero-order valence-corrected chi connectivity index (χ0v) is 19.2. The number of hydrogen-bond acceptors (Lipinski definition) is 6. The predicted molar refractivity (Wildman–Crippen MR) is 123 cm³/mol. The summed E-state index contributed by atoms with van der Waals surface area (Å²) in [4.78, 5) is 13.7. The van der Waals surface area contributed by atoms with Crippen molar-refractivity contribution in [1.82, 2.24) is 4.90 Å². The van der Waals surface area contributed by atoms with Gasteiger partial charge in [0, 0.05) is 51.9 Å². The van der Waals surface area contributed by atoms with Gasteiger partial charge in [0.2, 0.25) is 5.91 Å². The van der Waals surface area contributed by atoms with E-state index in [1.165, 1.54) is 19.6 Å². The number of para-hydroxylation sites is 1. The summed E-state index contributed by atoms with van der Waals surface area (Å²) < 4.78 is 17.4. The number of ether oxygens (including phenoxy) is 3. The van der Waals surface area contributed by atoms with Gasteiger partial charge >= 0.3 is 0 Å². The number of amides is 1. The zero-order valence-electron chi connectivity index (χ0n) is 18.4. The molecule has 0 aromatic heterocycles. The molecule has 32 heavy (non-hydrogen) atoms. The van der Waals surface area contributed by atoms with Gasteiger partial charge in [0.15, 0.2) is 0 Å². The molecular formula is C24H29ClN2O5. The molecular weight excluding hydrogens is 432 g/mol. The molecule has 4 rings (SSSR count). The number of aliphatic hydroxyl groups excluding tert-OH is 1. The Morgan fingerprint density at radius 2 is 2.03 bits per heavy atom. The first-order valence-electron chi connectivity index (χ1n) is 10.8. The lowest BCUT2D eigenvalue weighted by atomic mass is 9.87. The van der Waals surface area contributed by atoms with Crippen LogP contribution in [0.1, 0.15) is 25.3 Å². The van der Waals surface area contributed by atoms with Gasteiger partial charge in [-0.1, -0.05) is 29.8 Å². The second-order valence-electron chi connectivity index (χ2n) is 8.50. The maximum atomic E-state index is 11.5. The number of nitrogens with one attached hydrogen (secondary N) is 1. The summed E-state index contributed by atoms with van der Waals surface area (Å²) in [7, 11) is 1.51. The van der Waals surface area contributed by atoms with Crippen LogP contribution in [0.15, 0.2) is 36.4 Å². The van der Waals surface area contributed by atoms with E-state index in [2.05, 4.69) is 22.3 Å². The Bertz CT molecular complexity index is 948. The van der Waals surface area contributed by atoms with Gasteiger partial charge in [-0.15, -0.1) is 0 Å². The number of aliphatic hydroxyl groups is 1. The second kappa shape index (κ2) is 9.57. The van der Waals surface area contributed by atoms with Crippen molar-refractivity contribution < 1.29 is 24.1 Å². The summed E-state index contributed by atoms with van der Waals surface area (Å²) in [5.41, 5.74) is 1.60. The molecule has 2 aliphatic rings. The smallest absolute Gasteiger partial charge is 0.221 e. The molecule has 2 aliphatic heterocycles. The minimum Gasteiger partial charge on any atom is -0.495 e. The number of nitrogens with zero attached hydrogens (tertiary/aromatic N) is 1. The molecule has 8 heteroatoms. The summed E-state index contributed by atoms with van der Waals surface area (Å²) in [6, 6.07) is 11.4. The molecule has 0 radical (unpaired) electrons. The first-order chi connectivity index (χ1) is 15.4. The van der Waals surface area contributed by atoms with E-state index < -0.39 is 6.10 Å². The summed E-state index contributed by atoms with van der Waals surface area (Å²) >= 11 is 6.16. The number of fused-ring (bicyclic) bond motifs is 1. The molecule has 1 atom stereocenters. The van der Waals surface area contributed by atoms with Crippen molar-refractivity contribution in [2.45, 2.75) is 37.9 Å². The largest absolute Gasteiger partial charge is 0.495 e. The Balaban J connectivity index is 1.30. The number of methoxy groups -OCH3 is 1. The maximum absolute atomic E-state index is 11.5. The Labute approximate surface area is 193 Å². The van der Waals surface area contributed by atoms with Gasteiger partial charge in [-0.2, -0.15) is 0 Å². The van der Waals surface area contributed by atoms with Gasteiger partial charge < -0.3 is 29.5 Å². The summed E-state index contributed by atoms with van der Waals surface area (Å²) in [6.07, 6.45) is 2.12. The van der Waals surface area contributed by atoms with Crippen LogP contribution in [0.2, 0.25) is 5.02 Å². The average molecular weight is 461 g/mol. The third kappa shape index (κ3) is 5.11. The number of carbonyl (C=O) groups excluding carboxylic acids is 1. The molecule has 1 amide bonds. The van der Waals surface area contributed by atoms with Crippen LogP contribution in [0.4, 0.5) is 5.69 Å². The Morgan fingerprint density at radius 3 is 2.72 bits per heavy atom. The molecule has 172 valence electrons. The van der Waals surface area contributed by atoms with Crippen molar-refractivity contribution in [3.8, 4) is 17.2 Å². The van der Waals surface area contributed by atoms with Gasteiger partial charge in [-0.05, 0) is 17.7 Å². The normalized spacial score (nSPS) is 18.0. The van der Waals surface area contributed by atoms with Crippen molar-refractivity contribution >= 4 is 23.2 Å². The fraction of sp³-hybridized carbons (Fsp3) is 0.458. The van der Waals surface area contributed by atoms with Crippen LogP contribution in [0.25, 0.3) is 0 Å². The molecule has 1 fully saturated rings. The van der Waals surface area contributed by atoms with E-state index in [1.54, 1.807) is 12.1 Å². The predicted octanol–water partition coefficient (Wildman–Crippen LogP) is 3.52. The van der Waals surface area contributed by atoms with E-state index in [0.717, 1.165) is 38.1 Å². The summed E-state index contributed by atoms with van der Waals surface area (Å²) in [5, 5.41) is 13.6. The van der Waals surface area contributed by atoms with E-state index in [9.17, 15) is 9.90 Å². The molecule has 7 nitrogen and oxygen atoms in total. The number of hydrogen-bond donors (Lipinski definition) is 2. The van der Waals surface area contributed by atoms with E-state index >= 15 is 0 Å². The van der Waals surface area contributed by atoms with Crippen molar-refractivity contribution in [2.24, 2.45) is 0 Å². The van der Waals surface area contributed by atoms with Crippen LogP contribution >= 0.6 is 11.6 Å². The maximum Gasteiger partial charge on any atom is 0.221 e. The summed E-state index contributed by atoms with van der Waals surface area (Å²) in [6.45, 7) is 3.71. The number of likely N-dealkylation sites (tertiary alicyclic amines) is 1. The third-order valence-corrected chi connectivity index (χ3v) is 6.34. The highest BCUT2D eigenvalue weighted by atomic mass is 35.5. The molecule has 2 aromatic rings. The first kappa shape index (κ1) is 22.7. The lowest BCUT2D eigenvalue weighted by Crippen LogP contribution is -2.49. The Kier molecular flexibility index (Phi) is 6.79. The van der Waals surface area contributed by atoms with Crippen LogP contribution < -0.4 is 19.5 Å². The van der Waals surface area contributed by atoms with Crippen molar-refractivity contribution in [2.75, 3.05) is 38.7 Å². The van der Waals surface area contributed by atoms with Crippen LogP contribution in [0, 0.1) is 0 Å². The third-order valence-electron chi connectivity index (χ3n) is 6.04. The number of rotatable bonds is 7. The number of carbonyl (C=O) groups is 1. The van der Waals surface area contributed by atoms with Gasteiger partial charge in [0.1, 0.15) is 35.6 Å². The van der Waals surface area contributed by atoms with Gasteiger partial charge in [-0.3, -0.25) is 4.79 Å². The highest BCUT2D eigenvalue weighted by molar-refractivity contribution is 6.32. The van der Waals surface area contributed by atoms with Crippen LogP contribution in [-0.4, -0.2) is 61.0 Å². The van der Waals surface area contributed by atoms with Gasteiger partial charge in [-0.25, -0.2) is 0 Å². The van der Waals surface area contributed by atoms with E-state index in [-0.39, 0.29) is 18.1 Å². The van der Waals surface area contributed by atoms with Crippen molar-refractivity contribution in [1.29, 1.82) is 0 Å². The topological polar surface area (TPSA) is 80.3 Å². The second-order valence-corrected chi connectivity index (χ2v) is 8.91. The van der Waals surface area contributed by atoms with Crippen LogP contribution in [0.3, 0.4) is 0 Å². The summed E-state index contributed by atoms with van der Waals surface area (Å²) in [5.74, 6) is 1.59. The van der Waals surface area contributed by atoms with Crippen molar-refractivity contribution in [3.05, 3.63) is 47.0 Å². The standard InChI is InChI=1S/C24H29ClN2O5/c1-16(28)26-20-11-19(25)22(30-2)12-23(20)31-15-18(29)14-27-9-7-24(8-10-27)13-17-5-3-4-6-21(17)32-24/h3-6,11-12,18,29H,7-10,13-15H2,1-2H3,(H,26,28)/t18-/m1/s1. The molecule has 1 saturated heterocycles. The Morgan fingerprint density at radius 1 is 1.28 bits per heavy atom. The van der Waals surface area contributed by atoms with Crippen molar-refractivity contribution in [3.63, 3.8) is 0 Å².